The van der Waals surface area contributed by atoms with Crippen LogP contribution in [0.1, 0.15) is 39.5 Å². The van der Waals surface area contributed by atoms with Gasteiger partial charge in [-0.3, -0.25) is 0 Å². The Balaban J connectivity index is 3.39. The minimum absolute atomic E-state index is 1.11. The zero-order valence-corrected chi connectivity index (χ0v) is 9.45. The molecule has 0 heteroatoms. The molecule has 0 aliphatic heterocycles. The first-order valence-corrected chi connectivity index (χ1v) is 5.55. The molecule has 14 heavy (non-hydrogen) atoms. The highest BCUT2D eigenvalue weighted by atomic mass is 13.8. The van der Waals surface area contributed by atoms with Gasteiger partial charge in [0.15, 0.2) is 0 Å². The summed E-state index contributed by atoms with van der Waals surface area (Å²) in [5, 5.41) is 0. The fraction of sp³-hybridized carbons (Fsp3) is 0.429. The van der Waals surface area contributed by atoms with Crippen molar-refractivity contribution in [3.05, 3.63) is 48.6 Å². The number of allylic oxidation sites excluding steroid dienone is 8. The van der Waals surface area contributed by atoms with Gasteiger partial charge >= 0.3 is 0 Å². The Morgan fingerprint density at radius 2 is 1.14 bits per heavy atom. The van der Waals surface area contributed by atoms with E-state index in [2.05, 4.69) is 62.5 Å². The average Bonchev–Trinajstić information content (AvgIpc) is 2.21. The number of hydrogen-bond donors (Lipinski definition) is 0. The Labute approximate surface area is 88.7 Å². The Hall–Kier alpha value is -1.04. The van der Waals surface area contributed by atoms with Crippen molar-refractivity contribution < 1.29 is 0 Å². The fourth-order valence-corrected chi connectivity index (χ4v) is 0.995. The Morgan fingerprint density at radius 3 is 1.79 bits per heavy atom. The molecule has 78 valence electrons. The molecular formula is C14H22. The van der Waals surface area contributed by atoms with E-state index in [4.69, 9.17) is 0 Å². The lowest BCUT2D eigenvalue weighted by Gasteiger charge is -1.84. The molecule has 0 spiro atoms. The van der Waals surface area contributed by atoms with E-state index in [9.17, 15) is 0 Å². The lowest BCUT2D eigenvalue weighted by Crippen LogP contribution is -1.63. The molecule has 0 aliphatic carbocycles. The molecule has 0 radical (unpaired) electrons. The van der Waals surface area contributed by atoms with Gasteiger partial charge in [-0.15, -0.1) is 0 Å². The number of rotatable bonds is 7. The van der Waals surface area contributed by atoms with E-state index in [1.807, 2.05) is 0 Å². The van der Waals surface area contributed by atoms with Crippen LogP contribution in [0.2, 0.25) is 0 Å². The molecule has 0 saturated carbocycles. The summed E-state index contributed by atoms with van der Waals surface area (Å²) < 4.78 is 0. The maximum atomic E-state index is 2.24. The van der Waals surface area contributed by atoms with Crippen LogP contribution in [-0.2, 0) is 0 Å². The number of hydrogen-bond acceptors (Lipinski definition) is 0. The lowest BCUT2D eigenvalue weighted by molar-refractivity contribution is 1.04. The van der Waals surface area contributed by atoms with Crippen LogP contribution >= 0.6 is 0 Å². The van der Waals surface area contributed by atoms with Gasteiger partial charge in [-0.2, -0.15) is 0 Å². The van der Waals surface area contributed by atoms with E-state index in [0.29, 0.717) is 0 Å². The molecule has 0 N–H and O–H groups in total. The van der Waals surface area contributed by atoms with Crippen molar-refractivity contribution in [1.29, 1.82) is 0 Å². The predicted molar refractivity (Wildman–Crippen MR) is 66.4 cm³/mol. The van der Waals surface area contributed by atoms with Gasteiger partial charge in [0, 0.05) is 0 Å². The van der Waals surface area contributed by atoms with Crippen LogP contribution in [0.3, 0.4) is 0 Å². The van der Waals surface area contributed by atoms with E-state index < -0.39 is 0 Å². The highest BCUT2D eigenvalue weighted by Crippen LogP contribution is 1.94. The van der Waals surface area contributed by atoms with Crippen molar-refractivity contribution in [2.24, 2.45) is 0 Å². The first-order valence-electron chi connectivity index (χ1n) is 5.55. The SMILES string of the molecule is CC/C=C/C=C/C=C/CC/C=C/CC. The van der Waals surface area contributed by atoms with Crippen LogP contribution in [0, 0.1) is 0 Å². The minimum atomic E-state index is 1.11. The van der Waals surface area contributed by atoms with Gasteiger partial charge in [0.1, 0.15) is 0 Å². The van der Waals surface area contributed by atoms with E-state index in [1.165, 1.54) is 0 Å². The van der Waals surface area contributed by atoms with Crippen LogP contribution in [0.15, 0.2) is 48.6 Å². The summed E-state index contributed by atoms with van der Waals surface area (Å²) in [6.07, 6.45) is 21.7. The molecule has 0 aromatic rings. The van der Waals surface area contributed by atoms with E-state index in [1.54, 1.807) is 0 Å². The molecule has 0 bridgehead atoms. The lowest BCUT2D eigenvalue weighted by atomic mass is 10.2. The Morgan fingerprint density at radius 1 is 0.571 bits per heavy atom. The van der Waals surface area contributed by atoms with Gasteiger partial charge in [-0.05, 0) is 25.7 Å². The summed E-state index contributed by atoms with van der Waals surface area (Å²) >= 11 is 0. The predicted octanol–water partition coefficient (Wildman–Crippen LogP) is 4.81. The summed E-state index contributed by atoms with van der Waals surface area (Å²) in [6.45, 7) is 4.30. The molecule has 0 heterocycles. The topological polar surface area (TPSA) is 0 Å². The number of unbranched alkanes of at least 4 members (excludes halogenated alkanes) is 1. The highest BCUT2D eigenvalue weighted by molar-refractivity contribution is 5.10. The molecule has 0 nitrogen and oxygen atoms in total. The maximum absolute atomic E-state index is 2.24. The highest BCUT2D eigenvalue weighted by Gasteiger charge is 1.74. The second kappa shape index (κ2) is 12.0. The zero-order chi connectivity index (χ0) is 10.5. The van der Waals surface area contributed by atoms with E-state index >= 15 is 0 Å². The monoisotopic (exact) mass is 190 g/mol. The molecule has 0 atom stereocenters. The van der Waals surface area contributed by atoms with Gasteiger partial charge in [0.2, 0.25) is 0 Å². The fourth-order valence-electron chi connectivity index (χ4n) is 0.995. The zero-order valence-electron chi connectivity index (χ0n) is 9.45. The third-order valence-corrected chi connectivity index (χ3v) is 1.74. The second-order valence-corrected chi connectivity index (χ2v) is 3.11. The van der Waals surface area contributed by atoms with Crippen LogP contribution < -0.4 is 0 Å². The summed E-state index contributed by atoms with van der Waals surface area (Å²) in [5.41, 5.74) is 0. The Kier molecular flexibility index (Phi) is 11.1. The summed E-state index contributed by atoms with van der Waals surface area (Å²) in [7, 11) is 0. The quantitative estimate of drug-likeness (QED) is 0.307. The average molecular weight is 190 g/mol. The van der Waals surface area contributed by atoms with Crippen LogP contribution in [0.25, 0.3) is 0 Å². The molecule has 0 fully saturated rings. The molecule has 0 amide bonds. The van der Waals surface area contributed by atoms with Crippen molar-refractivity contribution in [2.45, 2.75) is 39.5 Å². The van der Waals surface area contributed by atoms with Gasteiger partial charge in [0.05, 0.1) is 0 Å². The minimum Gasteiger partial charge on any atom is -0.0888 e. The molecule has 0 aliphatic rings. The van der Waals surface area contributed by atoms with E-state index in [0.717, 1.165) is 25.7 Å². The molecular weight excluding hydrogens is 168 g/mol. The van der Waals surface area contributed by atoms with Crippen molar-refractivity contribution in [3.63, 3.8) is 0 Å². The largest absolute Gasteiger partial charge is 0.0888 e. The normalized spacial score (nSPS) is 13.0. The summed E-state index contributed by atoms with van der Waals surface area (Å²) in [5.74, 6) is 0. The summed E-state index contributed by atoms with van der Waals surface area (Å²) in [4.78, 5) is 0. The summed E-state index contributed by atoms with van der Waals surface area (Å²) in [6, 6.07) is 0. The van der Waals surface area contributed by atoms with Crippen molar-refractivity contribution >= 4 is 0 Å². The second-order valence-electron chi connectivity index (χ2n) is 3.11. The maximum Gasteiger partial charge on any atom is -0.0313 e. The van der Waals surface area contributed by atoms with Crippen molar-refractivity contribution in [2.75, 3.05) is 0 Å². The third kappa shape index (κ3) is 11.0. The van der Waals surface area contributed by atoms with Crippen LogP contribution in [0.4, 0.5) is 0 Å². The standard InChI is InChI=1S/C14H22/c1-3-5-7-9-11-13-14-12-10-8-6-4-2/h5-9,11,13-14H,3-4,10,12H2,1-2H3/b7-5+,8-6+,11-9+,14-13+. The smallest absolute Gasteiger partial charge is 0.0313 e. The third-order valence-electron chi connectivity index (χ3n) is 1.74. The van der Waals surface area contributed by atoms with E-state index in [-0.39, 0.29) is 0 Å². The first kappa shape index (κ1) is 13.0. The molecule has 0 aromatic carbocycles. The van der Waals surface area contributed by atoms with Crippen LogP contribution in [0.5, 0.6) is 0 Å². The van der Waals surface area contributed by atoms with Gasteiger partial charge in [-0.1, -0.05) is 62.5 Å². The molecule has 0 saturated heterocycles. The Bertz CT molecular complexity index is 204. The van der Waals surface area contributed by atoms with Gasteiger partial charge < -0.3 is 0 Å². The molecule has 0 aromatic heterocycles. The van der Waals surface area contributed by atoms with Gasteiger partial charge in [-0.25, -0.2) is 0 Å². The van der Waals surface area contributed by atoms with Gasteiger partial charge in [0.25, 0.3) is 0 Å². The first-order chi connectivity index (χ1) is 6.91. The van der Waals surface area contributed by atoms with Crippen LogP contribution in [-0.4, -0.2) is 0 Å². The van der Waals surface area contributed by atoms with Crippen molar-refractivity contribution in [3.8, 4) is 0 Å². The molecule has 0 unspecified atom stereocenters. The van der Waals surface area contributed by atoms with Crippen molar-refractivity contribution in [1.82, 2.24) is 0 Å². The molecule has 0 rings (SSSR count).